The Hall–Kier alpha value is -2.08. The molecule has 0 saturated heterocycles. The van der Waals surface area contributed by atoms with E-state index in [2.05, 4.69) is 4.98 Å². The number of aromatic carboxylic acids is 1. The molecule has 0 bridgehead atoms. The summed E-state index contributed by atoms with van der Waals surface area (Å²) in [6.07, 6.45) is 0. The molecule has 2 N–H and O–H groups in total. The second-order valence-corrected chi connectivity index (χ2v) is 4.07. The topological polar surface area (TPSA) is 79.7 Å². The van der Waals surface area contributed by atoms with Crippen LogP contribution in [0, 0.1) is 0 Å². The second-order valence-electron chi connectivity index (χ2n) is 3.22. The minimum atomic E-state index is -1.00. The van der Waals surface area contributed by atoms with Crippen molar-refractivity contribution in [2.45, 2.75) is 6.61 Å². The molecule has 88 valence electrons. The molecule has 0 spiro atoms. The highest BCUT2D eigenvalue weighted by molar-refractivity contribution is 7.11. The molecule has 0 aliphatic carbocycles. The van der Waals surface area contributed by atoms with E-state index in [9.17, 15) is 4.79 Å². The van der Waals surface area contributed by atoms with Crippen molar-refractivity contribution >= 4 is 17.3 Å². The fraction of sp³-hybridized carbons (Fsp3) is 0.0909. The summed E-state index contributed by atoms with van der Waals surface area (Å²) in [4.78, 5) is 14.9. The van der Waals surface area contributed by atoms with Crippen molar-refractivity contribution in [1.82, 2.24) is 4.98 Å². The average molecular weight is 251 g/mol. The van der Waals surface area contributed by atoms with Gasteiger partial charge in [0.25, 0.3) is 0 Å². The minimum absolute atomic E-state index is 0.0932. The Morgan fingerprint density at radius 3 is 2.71 bits per heavy atom. The Balaban J connectivity index is 2.05. The molecule has 0 saturated carbocycles. The zero-order valence-corrected chi connectivity index (χ0v) is 9.48. The number of aromatic nitrogens is 1. The van der Waals surface area contributed by atoms with Crippen LogP contribution in [0.5, 0.6) is 11.5 Å². The number of rotatable bonds is 4. The quantitative estimate of drug-likeness (QED) is 0.870. The van der Waals surface area contributed by atoms with Crippen LogP contribution in [-0.4, -0.2) is 21.2 Å². The summed E-state index contributed by atoms with van der Waals surface area (Å²) in [5.41, 5.74) is 1.87. The predicted octanol–water partition coefficient (Wildman–Crippen LogP) is 2.13. The third kappa shape index (κ3) is 2.73. The Morgan fingerprint density at radius 1 is 1.35 bits per heavy atom. The van der Waals surface area contributed by atoms with Crippen molar-refractivity contribution in [2.75, 3.05) is 0 Å². The van der Waals surface area contributed by atoms with Gasteiger partial charge in [-0.1, -0.05) is 0 Å². The highest BCUT2D eigenvalue weighted by Gasteiger charge is 2.13. The third-order valence-corrected chi connectivity index (χ3v) is 2.90. The summed E-state index contributed by atoms with van der Waals surface area (Å²) in [5, 5.41) is 18.0. The Morgan fingerprint density at radius 2 is 2.06 bits per heavy atom. The van der Waals surface area contributed by atoms with Gasteiger partial charge in [0.1, 0.15) is 28.7 Å². The normalized spacial score (nSPS) is 10.1. The lowest BCUT2D eigenvalue weighted by molar-refractivity contribution is 0.0699. The van der Waals surface area contributed by atoms with E-state index >= 15 is 0 Å². The van der Waals surface area contributed by atoms with E-state index in [1.807, 2.05) is 0 Å². The number of carboxylic acid groups (broad SMARTS) is 1. The van der Waals surface area contributed by atoms with Crippen LogP contribution in [0.3, 0.4) is 0 Å². The van der Waals surface area contributed by atoms with Gasteiger partial charge in [-0.05, 0) is 24.3 Å². The van der Waals surface area contributed by atoms with E-state index in [-0.39, 0.29) is 17.2 Å². The maximum absolute atomic E-state index is 10.8. The van der Waals surface area contributed by atoms with Crippen LogP contribution in [-0.2, 0) is 6.61 Å². The number of carboxylic acids is 1. The Bertz CT molecular complexity index is 521. The number of carbonyl (C=O) groups is 1. The van der Waals surface area contributed by atoms with Gasteiger partial charge in [0.2, 0.25) is 0 Å². The van der Waals surface area contributed by atoms with Gasteiger partial charge in [0.15, 0.2) is 0 Å². The number of nitrogens with zero attached hydrogens (tertiary/aromatic N) is 1. The van der Waals surface area contributed by atoms with E-state index < -0.39 is 5.97 Å². The van der Waals surface area contributed by atoms with Gasteiger partial charge < -0.3 is 14.9 Å². The Labute approximate surface area is 101 Å². The maximum Gasteiger partial charge on any atom is 0.347 e. The molecule has 0 fully saturated rings. The lowest BCUT2D eigenvalue weighted by Gasteiger charge is -2.04. The van der Waals surface area contributed by atoms with Crippen molar-refractivity contribution in [2.24, 2.45) is 0 Å². The van der Waals surface area contributed by atoms with Crippen LogP contribution in [0.15, 0.2) is 29.8 Å². The number of hydrogen-bond donors (Lipinski definition) is 2. The highest BCUT2D eigenvalue weighted by Crippen LogP contribution is 2.19. The van der Waals surface area contributed by atoms with Crippen LogP contribution >= 0.6 is 11.3 Å². The van der Waals surface area contributed by atoms with Gasteiger partial charge in [0.05, 0.1) is 5.51 Å². The molecule has 2 rings (SSSR count). The minimum Gasteiger partial charge on any atom is -0.508 e. The first kappa shape index (κ1) is 11.4. The molecular formula is C11H9NO4S. The first-order chi connectivity index (χ1) is 8.16. The van der Waals surface area contributed by atoms with Crippen molar-refractivity contribution in [3.05, 3.63) is 40.3 Å². The monoisotopic (exact) mass is 251 g/mol. The summed E-state index contributed by atoms with van der Waals surface area (Å²) < 4.78 is 5.37. The molecule has 17 heavy (non-hydrogen) atoms. The Kier molecular flexibility index (Phi) is 3.24. The molecule has 1 aromatic carbocycles. The largest absolute Gasteiger partial charge is 0.508 e. The molecule has 0 unspecified atom stereocenters. The van der Waals surface area contributed by atoms with Crippen LogP contribution in [0.1, 0.15) is 15.4 Å². The van der Waals surface area contributed by atoms with Crippen LogP contribution in [0.4, 0.5) is 0 Å². The summed E-state index contributed by atoms with van der Waals surface area (Å²) in [6, 6.07) is 6.19. The van der Waals surface area contributed by atoms with Crippen molar-refractivity contribution in [1.29, 1.82) is 0 Å². The highest BCUT2D eigenvalue weighted by atomic mass is 32.1. The molecule has 1 aromatic heterocycles. The molecule has 1 heterocycles. The maximum atomic E-state index is 10.8. The number of phenolic OH excluding ortho intramolecular Hbond substituents is 1. The molecule has 6 heteroatoms. The summed E-state index contributed by atoms with van der Waals surface area (Å²) in [5.74, 6) is -0.304. The van der Waals surface area contributed by atoms with E-state index in [0.717, 1.165) is 11.3 Å². The molecule has 0 amide bonds. The van der Waals surface area contributed by atoms with E-state index in [4.69, 9.17) is 14.9 Å². The number of hydrogen-bond acceptors (Lipinski definition) is 5. The average Bonchev–Trinajstić information content (AvgIpc) is 2.76. The van der Waals surface area contributed by atoms with E-state index in [1.54, 1.807) is 12.1 Å². The fourth-order valence-corrected chi connectivity index (χ4v) is 1.87. The summed E-state index contributed by atoms with van der Waals surface area (Å²) >= 11 is 1.06. The number of phenols is 1. The van der Waals surface area contributed by atoms with Gasteiger partial charge in [-0.15, -0.1) is 11.3 Å². The fourth-order valence-electron chi connectivity index (χ4n) is 1.24. The lowest BCUT2D eigenvalue weighted by atomic mass is 10.3. The molecule has 5 nitrogen and oxygen atoms in total. The molecule has 2 aromatic rings. The standard InChI is InChI=1S/C11H9NO4S/c13-7-1-3-8(4-2-7)16-5-9-10(11(14)15)17-6-12-9/h1-4,6,13H,5H2,(H,14,15). The van der Waals surface area contributed by atoms with E-state index in [1.165, 1.54) is 17.6 Å². The summed E-state index contributed by atoms with van der Waals surface area (Å²) in [6.45, 7) is 0.0932. The first-order valence-electron chi connectivity index (χ1n) is 4.74. The number of ether oxygens (including phenoxy) is 1. The van der Waals surface area contributed by atoms with Crippen molar-refractivity contribution in [3.63, 3.8) is 0 Å². The van der Waals surface area contributed by atoms with Gasteiger partial charge in [0, 0.05) is 0 Å². The predicted molar refractivity (Wildman–Crippen MR) is 61.5 cm³/mol. The second kappa shape index (κ2) is 4.84. The van der Waals surface area contributed by atoms with E-state index in [0.29, 0.717) is 11.4 Å². The third-order valence-electron chi connectivity index (χ3n) is 2.05. The molecular weight excluding hydrogens is 242 g/mol. The lowest BCUT2D eigenvalue weighted by Crippen LogP contribution is -2.03. The van der Waals surface area contributed by atoms with Gasteiger partial charge in [-0.25, -0.2) is 9.78 Å². The SMILES string of the molecule is O=C(O)c1scnc1COc1ccc(O)cc1. The molecule has 0 atom stereocenters. The van der Waals surface area contributed by atoms with Crippen molar-refractivity contribution in [3.8, 4) is 11.5 Å². The summed E-state index contributed by atoms with van der Waals surface area (Å²) in [7, 11) is 0. The van der Waals surface area contributed by atoms with Gasteiger partial charge in [-0.3, -0.25) is 0 Å². The zero-order valence-electron chi connectivity index (χ0n) is 8.66. The molecule has 0 aliphatic rings. The number of thiazole rings is 1. The molecule has 0 radical (unpaired) electrons. The number of benzene rings is 1. The van der Waals surface area contributed by atoms with Crippen molar-refractivity contribution < 1.29 is 19.7 Å². The first-order valence-corrected chi connectivity index (χ1v) is 5.62. The number of aromatic hydroxyl groups is 1. The zero-order chi connectivity index (χ0) is 12.3. The van der Waals surface area contributed by atoms with Crippen LogP contribution in [0.2, 0.25) is 0 Å². The van der Waals surface area contributed by atoms with Gasteiger partial charge in [-0.2, -0.15) is 0 Å². The molecule has 0 aliphatic heterocycles. The van der Waals surface area contributed by atoms with Gasteiger partial charge >= 0.3 is 5.97 Å². The van der Waals surface area contributed by atoms with Crippen LogP contribution < -0.4 is 4.74 Å². The smallest absolute Gasteiger partial charge is 0.347 e. The van der Waals surface area contributed by atoms with Crippen LogP contribution in [0.25, 0.3) is 0 Å².